The molecule has 172 valence electrons. The van der Waals surface area contributed by atoms with Crippen LogP contribution in [-0.2, 0) is 6.54 Å². The monoisotopic (exact) mass is 467 g/mol. The fourth-order valence-electron chi connectivity index (χ4n) is 3.93. The zero-order valence-corrected chi connectivity index (χ0v) is 19.4. The second kappa shape index (κ2) is 10.1. The van der Waals surface area contributed by atoms with Crippen LogP contribution < -0.4 is 0 Å². The van der Waals surface area contributed by atoms with Crippen LogP contribution in [0.5, 0.6) is 0 Å². The number of nitrogens with zero attached hydrogens (tertiary/aromatic N) is 5. The first kappa shape index (κ1) is 22.9. The molecule has 3 heterocycles. The summed E-state index contributed by atoms with van der Waals surface area (Å²) in [4.78, 5) is 36.5. The van der Waals surface area contributed by atoms with Crippen LogP contribution >= 0.6 is 11.3 Å². The van der Waals surface area contributed by atoms with Gasteiger partial charge in [0, 0.05) is 26.7 Å². The number of carbonyl (C=O) groups excluding carboxylic acids is 2. The van der Waals surface area contributed by atoms with Crippen LogP contribution in [0.15, 0.2) is 35.3 Å². The lowest BCUT2D eigenvalue weighted by Crippen LogP contribution is -2.51. The highest BCUT2D eigenvalue weighted by molar-refractivity contribution is 7.16. The number of likely N-dealkylation sites (tertiary alicyclic amines) is 2. The topological polar surface area (TPSA) is 80.0 Å². The van der Waals surface area contributed by atoms with Gasteiger partial charge >= 0.3 is 0 Å². The summed E-state index contributed by atoms with van der Waals surface area (Å²) in [5.41, 5.74) is 1.70. The normalized spacial score (nSPS) is 16.5. The summed E-state index contributed by atoms with van der Waals surface area (Å²) in [5, 5.41) is 9.34. The van der Waals surface area contributed by atoms with Crippen molar-refractivity contribution in [2.45, 2.75) is 32.0 Å². The lowest BCUT2D eigenvalue weighted by atomic mass is 10.1. The maximum Gasteiger partial charge on any atom is 0.266 e. The van der Waals surface area contributed by atoms with Gasteiger partial charge in [0.1, 0.15) is 11.0 Å². The number of aliphatic imine (C=N–C) groups is 1. The minimum Gasteiger partial charge on any atom is -0.363 e. The Hall–Kier alpha value is -3.25. The molecule has 2 amide bonds. The first-order valence-electron chi connectivity index (χ1n) is 11.0. The number of benzene rings is 1. The minimum atomic E-state index is -0.988. The Bertz CT molecular complexity index is 1100. The molecule has 9 heteroatoms. The van der Waals surface area contributed by atoms with Crippen molar-refractivity contribution in [2.24, 2.45) is 4.99 Å². The molecule has 2 fully saturated rings. The Kier molecular flexibility index (Phi) is 7.04. The second-order valence-corrected chi connectivity index (χ2v) is 9.46. The average Bonchev–Trinajstić information content (AvgIpc) is 3.25. The largest absolute Gasteiger partial charge is 0.363 e. The zero-order chi connectivity index (χ0) is 23.4. The van der Waals surface area contributed by atoms with Gasteiger partial charge in [-0.25, -0.2) is 9.38 Å². The van der Waals surface area contributed by atoms with Crippen LogP contribution in [0.2, 0.25) is 0 Å². The molecule has 2 aliphatic heterocycles. The third-order valence-corrected chi connectivity index (χ3v) is 6.98. The van der Waals surface area contributed by atoms with Crippen molar-refractivity contribution in [3.05, 3.63) is 51.2 Å². The summed E-state index contributed by atoms with van der Waals surface area (Å²) < 4.78 is 13.3. The maximum atomic E-state index is 13.3. The maximum absolute atomic E-state index is 13.3. The molecule has 0 aliphatic carbocycles. The van der Waals surface area contributed by atoms with Gasteiger partial charge in [-0.1, -0.05) is 18.2 Å². The molecule has 33 heavy (non-hydrogen) atoms. The van der Waals surface area contributed by atoms with E-state index in [1.54, 1.807) is 31.6 Å². The third kappa shape index (κ3) is 5.22. The molecule has 2 aromatic rings. The summed E-state index contributed by atoms with van der Waals surface area (Å²) in [6.45, 7) is 2.25. The molecule has 0 atom stereocenters. The fraction of sp³-hybridized carbons (Fsp3) is 0.417. The molecule has 0 saturated carbocycles. The lowest BCUT2D eigenvalue weighted by molar-refractivity contribution is 0.0405. The fourth-order valence-corrected chi connectivity index (χ4v) is 4.99. The SMILES string of the molecule is CN(Cc1ccccc1C#N)C(=O)c1sc(C(=O)N2CC(F)C2)cc1N=CN1CCCCC1. The molecule has 7 nitrogen and oxygen atoms in total. The van der Waals surface area contributed by atoms with Crippen molar-refractivity contribution in [1.82, 2.24) is 14.7 Å². The highest BCUT2D eigenvalue weighted by Crippen LogP contribution is 2.33. The van der Waals surface area contributed by atoms with E-state index in [4.69, 9.17) is 0 Å². The first-order chi connectivity index (χ1) is 16.0. The highest BCUT2D eigenvalue weighted by Gasteiger charge is 2.33. The van der Waals surface area contributed by atoms with Crippen molar-refractivity contribution in [1.29, 1.82) is 5.26 Å². The van der Waals surface area contributed by atoms with Crippen LogP contribution in [0.4, 0.5) is 10.1 Å². The summed E-state index contributed by atoms with van der Waals surface area (Å²) in [7, 11) is 1.67. The lowest BCUT2D eigenvalue weighted by Gasteiger charge is -2.33. The van der Waals surface area contributed by atoms with E-state index in [0.717, 1.165) is 42.8 Å². The molecular weight excluding hydrogens is 441 g/mol. The van der Waals surface area contributed by atoms with Crippen LogP contribution in [0.25, 0.3) is 0 Å². The second-order valence-electron chi connectivity index (χ2n) is 8.40. The third-order valence-electron chi connectivity index (χ3n) is 5.88. The first-order valence-corrected chi connectivity index (χ1v) is 11.9. The number of thiophene rings is 1. The number of hydrogen-bond acceptors (Lipinski definition) is 5. The van der Waals surface area contributed by atoms with Gasteiger partial charge in [-0.3, -0.25) is 9.59 Å². The van der Waals surface area contributed by atoms with Crippen molar-refractivity contribution in [3.8, 4) is 6.07 Å². The molecule has 4 rings (SSSR count). The van der Waals surface area contributed by atoms with Crippen LogP contribution in [0.1, 0.15) is 49.7 Å². The summed E-state index contributed by atoms with van der Waals surface area (Å²) in [6.07, 6.45) is 4.17. The molecule has 1 aromatic heterocycles. The van der Waals surface area contributed by atoms with Crippen molar-refractivity contribution in [3.63, 3.8) is 0 Å². The van der Waals surface area contributed by atoms with E-state index >= 15 is 0 Å². The van der Waals surface area contributed by atoms with Crippen molar-refractivity contribution in [2.75, 3.05) is 33.2 Å². The Morgan fingerprint density at radius 2 is 2.00 bits per heavy atom. The van der Waals surface area contributed by atoms with Crippen LogP contribution in [0.3, 0.4) is 0 Å². The van der Waals surface area contributed by atoms with Crippen LogP contribution in [-0.4, -0.2) is 72.3 Å². The molecule has 1 aromatic carbocycles. The number of rotatable bonds is 6. The van der Waals surface area contributed by atoms with E-state index in [-0.39, 0.29) is 31.4 Å². The van der Waals surface area contributed by atoms with E-state index in [2.05, 4.69) is 16.0 Å². The van der Waals surface area contributed by atoms with Crippen LogP contribution in [0, 0.1) is 11.3 Å². The van der Waals surface area contributed by atoms with E-state index < -0.39 is 6.17 Å². The Morgan fingerprint density at radius 3 is 2.70 bits per heavy atom. The molecule has 0 bridgehead atoms. The number of hydrogen-bond donors (Lipinski definition) is 0. The van der Waals surface area contributed by atoms with Gasteiger partial charge in [0.25, 0.3) is 11.8 Å². The minimum absolute atomic E-state index is 0.0806. The van der Waals surface area contributed by atoms with Gasteiger partial charge in [-0.2, -0.15) is 5.26 Å². The van der Waals surface area contributed by atoms with E-state index in [9.17, 15) is 19.2 Å². The summed E-state index contributed by atoms with van der Waals surface area (Å²) in [6, 6.07) is 10.9. The van der Waals surface area contributed by atoms with Crippen molar-refractivity contribution >= 4 is 35.2 Å². The highest BCUT2D eigenvalue weighted by atomic mass is 32.1. The quantitative estimate of drug-likeness (QED) is 0.478. The van der Waals surface area contributed by atoms with Gasteiger partial charge in [-0.05, 0) is 37.0 Å². The number of halogens is 1. The molecular formula is C24H26FN5O2S. The molecule has 0 unspecified atom stereocenters. The number of alkyl halides is 1. The van der Waals surface area contributed by atoms with E-state index in [1.807, 2.05) is 12.1 Å². The van der Waals surface area contributed by atoms with E-state index in [0.29, 0.717) is 21.0 Å². The van der Waals surface area contributed by atoms with Gasteiger partial charge in [0.2, 0.25) is 0 Å². The predicted octanol–water partition coefficient (Wildman–Crippen LogP) is 3.83. The van der Waals surface area contributed by atoms with Gasteiger partial charge in [0.05, 0.1) is 41.6 Å². The molecule has 2 saturated heterocycles. The van der Waals surface area contributed by atoms with Gasteiger partial charge < -0.3 is 14.7 Å². The molecule has 0 N–H and O–H groups in total. The zero-order valence-electron chi connectivity index (χ0n) is 18.5. The molecule has 0 radical (unpaired) electrons. The van der Waals surface area contributed by atoms with Gasteiger partial charge in [0.15, 0.2) is 0 Å². The summed E-state index contributed by atoms with van der Waals surface area (Å²) >= 11 is 1.09. The van der Waals surface area contributed by atoms with E-state index in [1.165, 1.54) is 16.2 Å². The van der Waals surface area contributed by atoms with Gasteiger partial charge in [-0.15, -0.1) is 11.3 Å². The van der Waals surface area contributed by atoms with Crippen molar-refractivity contribution < 1.29 is 14.0 Å². The number of carbonyl (C=O) groups is 2. The Morgan fingerprint density at radius 1 is 1.27 bits per heavy atom. The summed E-state index contributed by atoms with van der Waals surface area (Å²) in [5.74, 6) is -0.551. The number of nitriles is 1. The average molecular weight is 468 g/mol. The Balaban J connectivity index is 1.58. The smallest absolute Gasteiger partial charge is 0.266 e. The molecule has 0 spiro atoms. The molecule has 2 aliphatic rings. The number of amides is 2. The standard InChI is InChI=1S/C24H26FN5O2S/c1-28(13-18-8-4-3-7-17(18)12-26)24(32)22-20(27-16-29-9-5-2-6-10-29)11-21(33-22)23(31)30-14-19(25)15-30/h3-4,7-8,11,16,19H,2,5-6,9-10,13-15H2,1H3. The Labute approximate surface area is 196 Å². The predicted molar refractivity (Wildman–Crippen MR) is 126 cm³/mol. The number of piperidine rings is 1.